The standard InChI is InChI=1S/C22H34N2O4/c1-5-27-20(25)17-23(15-18-11-7-6-8-12-18)16-19-13-9-10-14-24(19)21(26)28-22(2,3)4/h6-8,11-12,19H,5,9-10,13-17H2,1-4H3. The summed E-state index contributed by atoms with van der Waals surface area (Å²) in [5.74, 6) is -0.238. The second-order valence-electron chi connectivity index (χ2n) is 8.28. The Morgan fingerprint density at radius 2 is 1.89 bits per heavy atom. The van der Waals surface area contributed by atoms with E-state index in [4.69, 9.17) is 9.47 Å². The van der Waals surface area contributed by atoms with Gasteiger partial charge in [0.15, 0.2) is 0 Å². The molecule has 0 aliphatic carbocycles. The molecule has 1 atom stereocenters. The van der Waals surface area contributed by atoms with Gasteiger partial charge in [-0.1, -0.05) is 30.3 Å². The van der Waals surface area contributed by atoms with Crippen molar-refractivity contribution in [3.8, 4) is 0 Å². The molecule has 0 N–H and O–H groups in total. The molecule has 1 aromatic rings. The third-order valence-electron chi connectivity index (χ3n) is 4.63. The summed E-state index contributed by atoms with van der Waals surface area (Å²) in [5, 5.41) is 0. The first-order chi connectivity index (χ1) is 13.3. The maximum absolute atomic E-state index is 12.7. The molecule has 1 aromatic carbocycles. The summed E-state index contributed by atoms with van der Waals surface area (Å²) in [4.78, 5) is 28.7. The highest BCUT2D eigenvalue weighted by molar-refractivity contribution is 5.71. The van der Waals surface area contributed by atoms with Crippen molar-refractivity contribution >= 4 is 12.1 Å². The number of rotatable bonds is 7. The van der Waals surface area contributed by atoms with Crippen LogP contribution in [0.4, 0.5) is 4.79 Å². The number of benzene rings is 1. The van der Waals surface area contributed by atoms with E-state index in [1.54, 1.807) is 0 Å². The van der Waals surface area contributed by atoms with Crippen LogP contribution in [-0.2, 0) is 20.8 Å². The Morgan fingerprint density at radius 3 is 2.54 bits per heavy atom. The number of piperidine rings is 1. The fourth-order valence-electron chi connectivity index (χ4n) is 3.47. The van der Waals surface area contributed by atoms with Gasteiger partial charge in [0.2, 0.25) is 0 Å². The first-order valence-corrected chi connectivity index (χ1v) is 10.2. The molecule has 1 unspecified atom stereocenters. The highest BCUT2D eigenvalue weighted by atomic mass is 16.6. The minimum absolute atomic E-state index is 0.0294. The van der Waals surface area contributed by atoms with E-state index in [1.165, 1.54) is 0 Å². The molecule has 1 fully saturated rings. The Hall–Kier alpha value is -2.08. The van der Waals surface area contributed by atoms with Gasteiger partial charge in [-0.25, -0.2) is 4.79 Å². The van der Waals surface area contributed by atoms with E-state index in [0.29, 0.717) is 26.2 Å². The Morgan fingerprint density at radius 1 is 1.18 bits per heavy atom. The second-order valence-corrected chi connectivity index (χ2v) is 8.28. The van der Waals surface area contributed by atoms with Crippen LogP contribution in [0.15, 0.2) is 30.3 Å². The van der Waals surface area contributed by atoms with Crippen LogP contribution in [0.1, 0.15) is 52.5 Å². The monoisotopic (exact) mass is 390 g/mol. The number of carbonyl (C=O) groups is 2. The summed E-state index contributed by atoms with van der Waals surface area (Å²) in [6.45, 7) is 9.98. The van der Waals surface area contributed by atoms with E-state index in [-0.39, 0.29) is 24.6 Å². The Labute approximate surface area is 168 Å². The first-order valence-electron chi connectivity index (χ1n) is 10.2. The van der Waals surface area contributed by atoms with Gasteiger partial charge in [0.25, 0.3) is 0 Å². The lowest BCUT2D eigenvalue weighted by molar-refractivity contribution is -0.144. The molecule has 1 saturated heterocycles. The quantitative estimate of drug-likeness (QED) is 0.662. The Kier molecular flexibility index (Phi) is 8.30. The summed E-state index contributed by atoms with van der Waals surface area (Å²) < 4.78 is 10.8. The molecule has 2 rings (SSSR count). The zero-order chi connectivity index (χ0) is 20.6. The van der Waals surface area contributed by atoms with Crippen molar-refractivity contribution in [2.75, 3.05) is 26.2 Å². The molecule has 28 heavy (non-hydrogen) atoms. The third kappa shape index (κ3) is 7.50. The van der Waals surface area contributed by atoms with Gasteiger partial charge >= 0.3 is 12.1 Å². The summed E-state index contributed by atoms with van der Waals surface area (Å²) >= 11 is 0. The molecular weight excluding hydrogens is 356 g/mol. The molecule has 156 valence electrons. The highest BCUT2D eigenvalue weighted by Crippen LogP contribution is 2.22. The van der Waals surface area contributed by atoms with E-state index in [2.05, 4.69) is 4.90 Å². The van der Waals surface area contributed by atoms with E-state index < -0.39 is 5.60 Å². The molecule has 6 nitrogen and oxygen atoms in total. The number of hydrogen-bond acceptors (Lipinski definition) is 5. The lowest BCUT2D eigenvalue weighted by Gasteiger charge is -2.39. The van der Waals surface area contributed by atoms with Crippen LogP contribution in [0.25, 0.3) is 0 Å². The summed E-state index contributed by atoms with van der Waals surface area (Å²) in [6.07, 6.45) is 2.69. The van der Waals surface area contributed by atoms with Gasteiger partial charge in [0.05, 0.1) is 13.2 Å². The van der Waals surface area contributed by atoms with Gasteiger partial charge in [-0.2, -0.15) is 0 Å². The number of ether oxygens (including phenoxy) is 2. The minimum Gasteiger partial charge on any atom is -0.465 e. The molecule has 0 radical (unpaired) electrons. The van der Waals surface area contributed by atoms with Gasteiger partial charge < -0.3 is 14.4 Å². The van der Waals surface area contributed by atoms with Crippen molar-refractivity contribution in [2.24, 2.45) is 0 Å². The number of hydrogen-bond donors (Lipinski definition) is 0. The van der Waals surface area contributed by atoms with Crippen LogP contribution < -0.4 is 0 Å². The van der Waals surface area contributed by atoms with Crippen molar-refractivity contribution in [3.05, 3.63) is 35.9 Å². The fourth-order valence-corrected chi connectivity index (χ4v) is 3.47. The third-order valence-corrected chi connectivity index (χ3v) is 4.63. The zero-order valence-electron chi connectivity index (χ0n) is 17.6. The Bertz CT molecular complexity index is 627. The lowest BCUT2D eigenvalue weighted by atomic mass is 10.0. The maximum Gasteiger partial charge on any atom is 0.410 e. The van der Waals surface area contributed by atoms with E-state index in [9.17, 15) is 9.59 Å². The normalized spacial score (nSPS) is 17.5. The second kappa shape index (κ2) is 10.5. The van der Waals surface area contributed by atoms with Crippen LogP contribution in [0.5, 0.6) is 0 Å². The largest absolute Gasteiger partial charge is 0.465 e. The summed E-state index contributed by atoms with van der Waals surface area (Å²) in [6, 6.07) is 10.1. The average molecular weight is 391 g/mol. The van der Waals surface area contributed by atoms with Crippen LogP contribution in [-0.4, -0.2) is 59.7 Å². The molecule has 1 amide bonds. The van der Waals surface area contributed by atoms with E-state index in [0.717, 1.165) is 24.8 Å². The van der Waals surface area contributed by atoms with Gasteiger partial charge in [0.1, 0.15) is 5.60 Å². The van der Waals surface area contributed by atoms with Gasteiger partial charge in [0, 0.05) is 25.7 Å². The average Bonchev–Trinajstić information content (AvgIpc) is 2.61. The molecule has 0 bridgehead atoms. The molecule has 1 heterocycles. The van der Waals surface area contributed by atoms with E-state index in [1.807, 2.05) is 62.9 Å². The number of nitrogens with zero attached hydrogens (tertiary/aromatic N) is 2. The molecular formula is C22H34N2O4. The lowest BCUT2D eigenvalue weighted by Crippen LogP contribution is -2.51. The predicted molar refractivity (Wildman–Crippen MR) is 109 cm³/mol. The summed E-state index contributed by atoms with van der Waals surface area (Å²) in [7, 11) is 0. The Balaban J connectivity index is 2.09. The van der Waals surface area contributed by atoms with Crippen LogP contribution in [0.2, 0.25) is 0 Å². The number of amides is 1. The van der Waals surface area contributed by atoms with Gasteiger partial charge in [-0.05, 0) is 52.5 Å². The molecule has 0 spiro atoms. The van der Waals surface area contributed by atoms with Crippen molar-refractivity contribution < 1.29 is 19.1 Å². The maximum atomic E-state index is 12.7. The van der Waals surface area contributed by atoms with Crippen molar-refractivity contribution in [2.45, 2.75) is 65.1 Å². The highest BCUT2D eigenvalue weighted by Gasteiger charge is 2.32. The topological polar surface area (TPSA) is 59.1 Å². The zero-order valence-corrected chi connectivity index (χ0v) is 17.6. The summed E-state index contributed by atoms with van der Waals surface area (Å²) in [5.41, 5.74) is 0.611. The molecule has 6 heteroatoms. The fraction of sp³-hybridized carbons (Fsp3) is 0.636. The molecule has 1 aliphatic heterocycles. The molecule has 1 aliphatic rings. The number of likely N-dealkylation sites (tertiary alicyclic amines) is 1. The van der Waals surface area contributed by atoms with Crippen LogP contribution >= 0.6 is 0 Å². The number of esters is 1. The molecule has 0 saturated carbocycles. The van der Waals surface area contributed by atoms with Crippen molar-refractivity contribution in [3.63, 3.8) is 0 Å². The van der Waals surface area contributed by atoms with Crippen LogP contribution in [0, 0.1) is 0 Å². The number of carbonyl (C=O) groups excluding carboxylic acids is 2. The minimum atomic E-state index is -0.520. The van der Waals surface area contributed by atoms with E-state index >= 15 is 0 Å². The first kappa shape index (κ1) is 22.2. The van der Waals surface area contributed by atoms with Gasteiger partial charge in [-0.3, -0.25) is 9.69 Å². The smallest absolute Gasteiger partial charge is 0.410 e. The van der Waals surface area contributed by atoms with Crippen molar-refractivity contribution in [1.82, 2.24) is 9.80 Å². The van der Waals surface area contributed by atoms with Gasteiger partial charge in [-0.15, -0.1) is 0 Å². The van der Waals surface area contributed by atoms with Crippen LogP contribution in [0.3, 0.4) is 0 Å². The van der Waals surface area contributed by atoms with Crippen molar-refractivity contribution in [1.29, 1.82) is 0 Å². The molecule has 0 aromatic heterocycles. The SMILES string of the molecule is CCOC(=O)CN(Cc1ccccc1)CC1CCCCN1C(=O)OC(C)(C)C. The predicted octanol–water partition coefficient (Wildman–Crippen LogP) is 3.84.